The molecule has 1 aliphatic carbocycles. The van der Waals surface area contributed by atoms with Gasteiger partial charge in [0, 0.05) is 28.7 Å². The molecule has 3 saturated heterocycles. The number of aliphatic hydroxyl groups excluding tert-OH is 2. The lowest BCUT2D eigenvalue weighted by molar-refractivity contribution is -0.171. The number of hydrogen-bond donors (Lipinski definition) is 5. The van der Waals surface area contributed by atoms with E-state index in [9.17, 15) is 34.8 Å². The van der Waals surface area contributed by atoms with Crippen LogP contribution >= 0.6 is 23.5 Å². The summed E-state index contributed by atoms with van der Waals surface area (Å²) in [4.78, 5) is 41.8. The lowest BCUT2D eigenvalue weighted by atomic mass is 9.68. The summed E-state index contributed by atoms with van der Waals surface area (Å²) in [7, 11) is 0. The summed E-state index contributed by atoms with van der Waals surface area (Å²) in [5.41, 5.74) is -4.24. The number of carbonyl (C=O) groups excluding carboxylic acids is 3. The van der Waals surface area contributed by atoms with Crippen LogP contribution in [0.25, 0.3) is 0 Å². The first-order valence-corrected chi connectivity index (χ1v) is 15.6. The van der Waals surface area contributed by atoms with Gasteiger partial charge in [-0.25, -0.2) is 0 Å². The molecule has 13 heteroatoms. The van der Waals surface area contributed by atoms with Crippen molar-refractivity contribution in [2.45, 2.75) is 78.7 Å². The van der Waals surface area contributed by atoms with Crippen LogP contribution in [0, 0.1) is 5.41 Å². The van der Waals surface area contributed by atoms with Crippen LogP contribution in [0.2, 0.25) is 0 Å². The number of amides is 2. The Bertz CT molecular complexity index is 1450. The average Bonchev–Trinajstić information content (AvgIpc) is 3.49. The van der Waals surface area contributed by atoms with Crippen LogP contribution in [-0.2, 0) is 24.7 Å². The summed E-state index contributed by atoms with van der Waals surface area (Å²) in [6.07, 6.45) is -2.44. The molecule has 3 fully saturated rings. The number of fused-ring (bicyclic) bond motifs is 8. The average molecular weight is 590 g/mol. The SMILES string of the molecule is CS[C@]12C(=O)N3[C@H]4Nc5ccccc5[C@@]4(O)[C@@H](O)[C@@]3(SC)C(=O)N1[C@@H]1CC3=C(C(=O)[C@]1(O)[C@H]2O)C(C)(C)[C@H](C)O3. The minimum absolute atomic E-state index is 0.0981. The highest BCUT2D eigenvalue weighted by atomic mass is 32.2. The van der Waals surface area contributed by atoms with Gasteiger partial charge in [0.05, 0.1) is 6.04 Å². The van der Waals surface area contributed by atoms with Gasteiger partial charge in [-0.1, -0.05) is 32.0 Å². The number of rotatable bonds is 2. The van der Waals surface area contributed by atoms with Gasteiger partial charge in [0.15, 0.2) is 26.7 Å². The molecule has 0 spiro atoms. The summed E-state index contributed by atoms with van der Waals surface area (Å²) in [5, 5.41) is 51.1. The fourth-order valence-electron chi connectivity index (χ4n) is 7.97. The Kier molecular flexibility index (Phi) is 5.02. The summed E-state index contributed by atoms with van der Waals surface area (Å²) < 4.78 is 6.04. The molecule has 0 unspecified atom stereocenters. The fourth-order valence-corrected chi connectivity index (χ4v) is 10.1. The maximum absolute atomic E-state index is 14.8. The lowest BCUT2D eigenvalue weighted by Crippen LogP contribution is -2.77. The maximum atomic E-state index is 14.8. The van der Waals surface area contributed by atoms with Gasteiger partial charge >= 0.3 is 0 Å². The van der Waals surface area contributed by atoms with Crippen molar-refractivity contribution in [1.29, 1.82) is 0 Å². The number of anilines is 1. The number of ketones is 1. The summed E-state index contributed by atoms with van der Waals surface area (Å²) in [6, 6.07) is 5.41. The molecule has 9 atom stereocenters. The molecule has 5 N–H and O–H groups in total. The largest absolute Gasteiger partial charge is 0.494 e. The normalized spacial score (nSPS) is 45.9. The van der Waals surface area contributed by atoms with Gasteiger partial charge in [-0.15, -0.1) is 23.5 Å². The second-order valence-electron chi connectivity index (χ2n) is 12.0. The molecule has 5 aliphatic heterocycles. The highest BCUT2D eigenvalue weighted by molar-refractivity contribution is 8.01. The molecule has 2 amide bonds. The van der Waals surface area contributed by atoms with Gasteiger partial charge in [0.2, 0.25) is 0 Å². The molecule has 1 aromatic rings. The lowest BCUT2D eigenvalue weighted by Gasteiger charge is -2.54. The molecule has 0 bridgehead atoms. The molecule has 11 nitrogen and oxygen atoms in total. The van der Waals surface area contributed by atoms with Crippen molar-refractivity contribution in [3.05, 3.63) is 41.2 Å². The Morgan fingerprint density at radius 3 is 2.17 bits per heavy atom. The van der Waals surface area contributed by atoms with Gasteiger partial charge < -0.3 is 35.4 Å². The second kappa shape index (κ2) is 7.56. The number of para-hydroxylation sites is 1. The minimum Gasteiger partial charge on any atom is -0.494 e. The Labute approximate surface area is 238 Å². The van der Waals surface area contributed by atoms with Crippen molar-refractivity contribution in [2.75, 3.05) is 17.8 Å². The van der Waals surface area contributed by atoms with E-state index in [0.717, 1.165) is 33.3 Å². The van der Waals surface area contributed by atoms with Crippen molar-refractivity contribution >= 4 is 46.8 Å². The van der Waals surface area contributed by atoms with E-state index in [1.54, 1.807) is 30.5 Å². The van der Waals surface area contributed by atoms with Crippen LogP contribution < -0.4 is 5.32 Å². The van der Waals surface area contributed by atoms with E-state index in [1.807, 2.05) is 20.8 Å². The second-order valence-corrected chi connectivity index (χ2v) is 14.1. The maximum Gasteiger partial charge on any atom is 0.265 e. The van der Waals surface area contributed by atoms with Gasteiger partial charge in [-0.2, -0.15) is 0 Å². The van der Waals surface area contributed by atoms with Gasteiger partial charge in [0.25, 0.3) is 11.8 Å². The zero-order valence-corrected chi connectivity index (χ0v) is 24.2. The van der Waals surface area contributed by atoms with E-state index in [1.165, 1.54) is 6.26 Å². The van der Waals surface area contributed by atoms with Crippen LogP contribution in [0.4, 0.5) is 5.69 Å². The number of Topliss-reactive ketones (excluding diaryl/α,β-unsaturated/α-hetero) is 1. The zero-order chi connectivity index (χ0) is 28.9. The molecule has 0 saturated carbocycles. The summed E-state index contributed by atoms with van der Waals surface area (Å²) >= 11 is 1.74. The van der Waals surface area contributed by atoms with Crippen LogP contribution in [0.15, 0.2) is 35.6 Å². The summed E-state index contributed by atoms with van der Waals surface area (Å²) in [6.45, 7) is 5.44. The molecule has 7 rings (SSSR count). The van der Waals surface area contributed by atoms with Gasteiger partial charge in [-0.3, -0.25) is 19.3 Å². The molecule has 6 aliphatic rings. The third-order valence-electron chi connectivity index (χ3n) is 10.3. The fraction of sp³-hybridized carbons (Fsp3) is 0.593. The van der Waals surface area contributed by atoms with Gasteiger partial charge in [-0.05, 0) is 25.5 Å². The van der Waals surface area contributed by atoms with Crippen LogP contribution in [-0.4, -0.2) is 106 Å². The van der Waals surface area contributed by atoms with Crippen LogP contribution in [0.1, 0.15) is 32.8 Å². The number of nitrogens with one attached hydrogen (secondary N) is 1. The topological polar surface area (TPSA) is 160 Å². The molecule has 214 valence electrons. The number of piperazine rings is 1. The van der Waals surface area contributed by atoms with Gasteiger partial charge in [0.1, 0.15) is 30.2 Å². The standard InChI is InChI=1S/C27H31N3O8S2/c1-11-23(2,3)16-14(38-11)10-15-25(37,17(16)31)19(33)26(39-4)22(35)30-20-24(36,12-8-6-7-9-13(12)28-20)18(32)27(30,40-5)21(34)29(15)26/h6-9,11,15,18-20,28,32-33,36-37H,10H2,1-5H3/t11-,15+,18+,19+,20+,24+,25-,26+,27+/m0/s1. The number of thioether (sulfide) groups is 2. The number of benzene rings is 1. The zero-order valence-electron chi connectivity index (χ0n) is 22.5. The molecule has 0 radical (unpaired) electrons. The molecular weight excluding hydrogens is 558 g/mol. The Balaban J connectivity index is 1.44. The van der Waals surface area contributed by atoms with E-state index in [-0.39, 0.29) is 12.0 Å². The van der Waals surface area contributed by atoms with E-state index in [0.29, 0.717) is 17.0 Å². The number of carbonyl (C=O) groups is 3. The van der Waals surface area contributed by atoms with Crippen LogP contribution in [0.5, 0.6) is 0 Å². The predicted molar refractivity (Wildman–Crippen MR) is 146 cm³/mol. The van der Waals surface area contributed by atoms with Crippen molar-refractivity contribution in [1.82, 2.24) is 9.80 Å². The third kappa shape index (κ3) is 2.37. The van der Waals surface area contributed by atoms with E-state index < -0.39 is 74.5 Å². The highest BCUT2D eigenvalue weighted by Crippen LogP contribution is 2.65. The monoisotopic (exact) mass is 589 g/mol. The Morgan fingerprint density at radius 1 is 0.950 bits per heavy atom. The quantitative estimate of drug-likeness (QED) is 0.314. The first kappa shape index (κ1) is 26.6. The molecule has 5 heterocycles. The first-order valence-electron chi connectivity index (χ1n) is 13.1. The number of aliphatic hydroxyl groups is 4. The number of ether oxygens (including phenoxy) is 1. The van der Waals surface area contributed by atoms with Crippen molar-refractivity contribution < 1.29 is 39.5 Å². The van der Waals surface area contributed by atoms with E-state index in [4.69, 9.17) is 4.74 Å². The smallest absolute Gasteiger partial charge is 0.265 e. The molecular formula is C27H31N3O8S2. The molecule has 0 aromatic heterocycles. The predicted octanol–water partition coefficient (Wildman–Crippen LogP) is -0.0643. The van der Waals surface area contributed by atoms with Crippen molar-refractivity contribution in [3.8, 4) is 0 Å². The minimum atomic E-state index is -2.50. The van der Waals surface area contributed by atoms with E-state index >= 15 is 0 Å². The van der Waals surface area contributed by atoms with E-state index in [2.05, 4.69) is 5.32 Å². The third-order valence-corrected chi connectivity index (χ3v) is 12.8. The van der Waals surface area contributed by atoms with Crippen LogP contribution in [0.3, 0.4) is 0 Å². The Morgan fingerprint density at radius 2 is 1.52 bits per heavy atom. The first-order chi connectivity index (χ1) is 18.7. The highest BCUT2D eigenvalue weighted by Gasteiger charge is 2.85. The number of hydrogen-bond acceptors (Lipinski definition) is 11. The molecule has 40 heavy (non-hydrogen) atoms. The Hall–Kier alpha value is -2.29. The summed E-state index contributed by atoms with van der Waals surface area (Å²) in [5.74, 6) is -2.04. The molecule has 1 aromatic carbocycles. The number of nitrogens with zero attached hydrogens (tertiary/aromatic N) is 2. The van der Waals surface area contributed by atoms with Crippen molar-refractivity contribution in [3.63, 3.8) is 0 Å². The van der Waals surface area contributed by atoms with Crippen molar-refractivity contribution in [2.24, 2.45) is 5.41 Å².